The average Bonchev–Trinajstić information content (AvgIpc) is 3.09. The smallest absolute Gasteiger partial charge is 0.0211 e. The van der Waals surface area contributed by atoms with E-state index in [1.165, 1.54) is 250 Å². The SMILES string of the molecule is CCCCCCCCCCCCC(CCCCN)(CCCCCCCCCCCC)C(N)(CCCCCCCC)CCCCCCCC. The van der Waals surface area contributed by atoms with Crippen LogP contribution in [0.15, 0.2) is 0 Å². The van der Waals surface area contributed by atoms with Crippen LogP contribution >= 0.6 is 0 Å². The van der Waals surface area contributed by atoms with Crippen LogP contribution in [0.4, 0.5) is 0 Å². The molecule has 0 bridgehead atoms. The van der Waals surface area contributed by atoms with Gasteiger partial charge in [0.25, 0.3) is 0 Å². The van der Waals surface area contributed by atoms with E-state index in [0.717, 1.165) is 6.54 Å². The molecule has 2 nitrogen and oxygen atoms in total. The maximum Gasteiger partial charge on any atom is 0.0211 e. The van der Waals surface area contributed by atoms with E-state index in [4.69, 9.17) is 11.5 Å². The number of hydrogen-bond acceptors (Lipinski definition) is 2. The normalized spacial score (nSPS) is 12.4. The Kier molecular flexibility index (Phi) is 36.6. The van der Waals surface area contributed by atoms with Gasteiger partial charge in [0.15, 0.2) is 0 Å². The van der Waals surface area contributed by atoms with Gasteiger partial charge in [0.1, 0.15) is 0 Å². The van der Waals surface area contributed by atoms with Crippen LogP contribution in [-0.2, 0) is 0 Å². The summed E-state index contributed by atoms with van der Waals surface area (Å²) in [6.07, 6.45) is 54.0. The first-order chi connectivity index (χ1) is 23.6. The maximum atomic E-state index is 7.95. The molecule has 0 rings (SSSR count). The van der Waals surface area contributed by atoms with E-state index < -0.39 is 0 Å². The molecule has 0 aromatic heterocycles. The minimum absolute atomic E-state index is 0.00430. The molecule has 48 heavy (non-hydrogen) atoms. The van der Waals surface area contributed by atoms with E-state index in [1.807, 2.05) is 0 Å². The molecule has 0 spiro atoms. The van der Waals surface area contributed by atoms with Crippen molar-refractivity contribution in [1.29, 1.82) is 0 Å². The van der Waals surface area contributed by atoms with Gasteiger partial charge in [-0.3, -0.25) is 0 Å². The molecule has 0 aliphatic carbocycles. The third-order valence-electron chi connectivity index (χ3n) is 12.1. The lowest BCUT2D eigenvalue weighted by Crippen LogP contribution is -2.56. The van der Waals surface area contributed by atoms with E-state index in [1.54, 1.807) is 0 Å². The Bertz CT molecular complexity index is 561. The fourth-order valence-corrected chi connectivity index (χ4v) is 8.73. The number of unbranched alkanes of at least 4 members (excludes halogenated alkanes) is 29. The first kappa shape index (κ1) is 47.9. The van der Waals surface area contributed by atoms with Crippen LogP contribution in [0.3, 0.4) is 0 Å². The van der Waals surface area contributed by atoms with Gasteiger partial charge in [0.05, 0.1) is 0 Å². The minimum atomic E-state index is -0.00430. The molecule has 0 atom stereocenters. The summed E-state index contributed by atoms with van der Waals surface area (Å²) in [5.74, 6) is 0. The summed E-state index contributed by atoms with van der Waals surface area (Å²) >= 11 is 0. The fourth-order valence-electron chi connectivity index (χ4n) is 8.73. The zero-order chi connectivity index (χ0) is 35.3. The Morgan fingerprint density at radius 1 is 0.271 bits per heavy atom. The predicted molar refractivity (Wildman–Crippen MR) is 221 cm³/mol. The molecule has 2 heteroatoms. The summed E-state index contributed by atoms with van der Waals surface area (Å²) in [5.41, 5.74) is 14.4. The lowest BCUT2D eigenvalue weighted by Gasteiger charge is -2.51. The molecule has 4 N–H and O–H groups in total. The van der Waals surface area contributed by atoms with Gasteiger partial charge in [0.2, 0.25) is 0 Å². The fraction of sp³-hybridized carbons (Fsp3) is 1.00. The molecule has 0 heterocycles. The molecular formula is C46H96N2. The standard InChI is InChI=1S/C46H96N2/c1-5-9-13-17-21-23-25-27-29-33-39-45(41-37-38-44-47,40-34-30-28-26-24-22-18-14-10-6-2)46(48,42-35-31-19-15-11-7-3)43-36-32-20-16-12-8-4/h5-44,47-48H2,1-4H3. The molecule has 0 unspecified atom stereocenters. The number of hydrogen-bond donors (Lipinski definition) is 2. The van der Waals surface area contributed by atoms with Crippen molar-refractivity contribution in [1.82, 2.24) is 0 Å². The second kappa shape index (κ2) is 36.7. The largest absolute Gasteiger partial charge is 0.330 e. The summed E-state index contributed by atoms with van der Waals surface area (Å²) in [7, 11) is 0. The monoisotopic (exact) mass is 677 g/mol. The second-order valence-electron chi connectivity index (χ2n) is 16.6. The van der Waals surface area contributed by atoms with Gasteiger partial charge in [-0.05, 0) is 50.5 Å². The van der Waals surface area contributed by atoms with Crippen molar-refractivity contribution in [3.8, 4) is 0 Å². The van der Waals surface area contributed by atoms with Gasteiger partial charge in [-0.1, -0.05) is 240 Å². The topological polar surface area (TPSA) is 52.0 Å². The van der Waals surface area contributed by atoms with Gasteiger partial charge in [-0.25, -0.2) is 0 Å². The number of nitrogens with two attached hydrogens (primary N) is 2. The van der Waals surface area contributed by atoms with Crippen molar-refractivity contribution < 1.29 is 0 Å². The van der Waals surface area contributed by atoms with Gasteiger partial charge in [0, 0.05) is 5.54 Å². The molecule has 0 saturated heterocycles. The number of rotatable bonds is 41. The lowest BCUT2D eigenvalue weighted by atomic mass is 9.58. The quantitative estimate of drug-likeness (QED) is 0.0633. The highest BCUT2D eigenvalue weighted by Gasteiger charge is 2.46. The first-order valence-electron chi connectivity index (χ1n) is 23.0. The third kappa shape index (κ3) is 26.7. The van der Waals surface area contributed by atoms with Gasteiger partial charge in [-0.2, -0.15) is 0 Å². The van der Waals surface area contributed by atoms with E-state index in [9.17, 15) is 0 Å². The van der Waals surface area contributed by atoms with Crippen LogP contribution < -0.4 is 11.5 Å². The Labute approximate surface area is 306 Å². The zero-order valence-corrected chi connectivity index (χ0v) is 34.4. The summed E-state index contributed by atoms with van der Waals surface area (Å²) in [6, 6.07) is 0. The molecule has 0 aromatic carbocycles. The van der Waals surface area contributed by atoms with Gasteiger partial charge >= 0.3 is 0 Å². The van der Waals surface area contributed by atoms with Crippen LogP contribution in [0.1, 0.15) is 278 Å². The Morgan fingerprint density at radius 2 is 0.479 bits per heavy atom. The van der Waals surface area contributed by atoms with Crippen LogP contribution in [0.2, 0.25) is 0 Å². The van der Waals surface area contributed by atoms with Gasteiger partial charge < -0.3 is 11.5 Å². The maximum absolute atomic E-state index is 7.95. The van der Waals surface area contributed by atoms with Crippen LogP contribution in [0.5, 0.6) is 0 Å². The van der Waals surface area contributed by atoms with E-state index >= 15 is 0 Å². The molecule has 0 aliphatic rings. The zero-order valence-electron chi connectivity index (χ0n) is 34.4. The molecule has 0 fully saturated rings. The average molecular weight is 677 g/mol. The van der Waals surface area contributed by atoms with Crippen molar-refractivity contribution in [3.05, 3.63) is 0 Å². The molecule has 0 aromatic rings. The molecule has 290 valence electrons. The van der Waals surface area contributed by atoms with Crippen molar-refractivity contribution >= 4 is 0 Å². The first-order valence-corrected chi connectivity index (χ1v) is 23.0. The lowest BCUT2D eigenvalue weighted by molar-refractivity contribution is 0.0513. The molecule has 0 radical (unpaired) electrons. The minimum Gasteiger partial charge on any atom is -0.330 e. The Balaban J connectivity index is 5.60. The molecule has 0 amide bonds. The van der Waals surface area contributed by atoms with E-state index in [0.29, 0.717) is 5.41 Å². The highest BCUT2D eigenvalue weighted by molar-refractivity contribution is 5.02. The highest BCUT2D eigenvalue weighted by Crippen LogP contribution is 2.49. The van der Waals surface area contributed by atoms with Crippen molar-refractivity contribution in [2.24, 2.45) is 16.9 Å². The van der Waals surface area contributed by atoms with E-state index in [-0.39, 0.29) is 5.54 Å². The van der Waals surface area contributed by atoms with Crippen molar-refractivity contribution in [3.63, 3.8) is 0 Å². The van der Waals surface area contributed by atoms with Crippen molar-refractivity contribution in [2.45, 2.75) is 284 Å². The van der Waals surface area contributed by atoms with Gasteiger partial charge in [-0.15, -0.1) is 0 Å². The Hall–Kier alpha value is -0.0800. The summed E-state index contributed by atoms with van der Waals surface area (Å²) in [5, 5.41) is 0. The predicted octanol–water partition coefficient (Wildman–Crippen LogP) is 15.9. The second-order valence-corrected chi connectivity index (χ2v) is 16.6. The molecule has 0 aliphatic heterocycles. The summed E-state index contributed by atoms with van der Waals surface area (Å²) in [6.45, 7) is 10.2. The highest BCUT2D eigenvalue weighted by atomic mass is 14.8. The molecular weight excluding hydrogens is 581 g/mol. The van der Waals surface area contributed by atoms with E-state index in [2.05, 4.69) is 27.7 Å². The summed E-state index contributed by atoms with van der Waals surface area (Å²) < 4.78 is 0. The Morgan fingerprint density at radius 3 is 0.729 bits per heavy atom. The van der Waals surface area contributed by atoms with Crippen LogP contribution in [0.25, 0.3) is 0 Å². The third-order valence-corrected chi connectivity index (χ3v) is 12.1. The van der Waals surface area contributed by atoms with Crippen molar-refractivity contribution in [2.75, 3.05) is 6.54 Å². The van der Waals surface area contributed by atoms with Crippen LogP contribution in [0, 0.1) is 5.41 Å². The molecule has 0 saturated carbocycles. The summed E-state index contributed by atoms with van der Waals surface area (Å²) in [4.78, 5) is 0. The van der Waals surface area contributed by atoms with Crippen LogP contribution in [-0.4, -0.2) is 12.1 Å².